The molecule has 1 aliphatic rings. The van der Waals surface area contributed by atoms with Crippen molar-refractivity contribution in [3.8, 4) is 0 Å². The molecule has 1 fully saturated rings. The molecule has 5 nitrogen and oxygen atoms in total. The summed E-state index contributed by atoms with van der Waals surface area (Å²) in [5.41, 5.74) is 4.94. The molecule has 5 heteroatoms. The summed E-state index contributed by atoms with van der Waals surface area (Å²) in [5, 5.41) is 5.77. The highest BCUT2D eigenvalue weighted by Crippen LogP contribution is 2.01. The standard InChI is InChI=1S/C8H15N3O2/c9-7(12)2-1-3-11-8(13)6-4-10-5-6/h6,10H,1-5H2,(H2,9,12)(H,11,13). The minimum absolute atomic E-state index is 0.0724. The maximum atomic E-state index is 11.2. The van der Waals surface area contributed by atoms with Crippen molar-refractivity contribution in [3.63, 3.8) is 0 Å². The molecule has 0 atom stereocenters. The predicted octanol–water partition coefficient (Wildman–Crippen LogP) is -1.41. The summed E-state index contributed by atoms with van der Waals surface area (Å²) < 4.78 is 0. The van der Waals surface area contributed by atoms with Crippen LogP contribution in [0.5, 0.6) is 0 Å². The minimum Gasteiger partial charge on any atom is -0.370 e. The Kier molecular flexibility index (Phi) is 3.70. The van der Waals surface area contributed by atoms with Crippen molar-refractivity contribution in [1.82, 2.24) is 10.6 Å². The molecule has 1 aliphatic heterocycles. The van der Waals surface area contributed by atoms with E-state index in [2.05, 4.69) is 10.6 Å². The maximum Gasteiger partial charge on any atom is 0.225 e. The van der Waals surface area contributed by atoms with Crippen molar-refractivity contribution in [1.29, 1.82) is 0 Å². The molecule has 1 saturated heterocycles. The second-order valence-corrected chi connectivity index (χ2v) is 3.22. The molecular weight excluding hydrogens is 170 g/mol. The molecule has 0 bridgehead atoms. The SMILES string of the molecule is NC(=O)CCCNC(=O)C1CNC1. The second kappa shape index (κ2) is 4.81. The van der Waals surface area contributed by atoms with Crippen LogP contribution < -0.4 is 16.4 Å². The maximum absolute atomic E-state index is 11.2. The summed E-state index contributed by atoms with van der Waals surface area (Å²) in [6.45, 7) is 2.07. The Morgan fingerprint density at radius 3 is 2.62 bits per heavy atom. The molecule has 0 saturated carbocycles. The van der Waals surface area contributed by atoms with E-state index in [0.717, 1.165) is 13.1 Å². The highest BCUT2D eigenvalue weighted by molar-refractivity contribution is 5.80. The number of hydrogen-bond donors (Lipinski definition) is 3. The lowest BCUT2D eigenvalue weighted by Crippen LogP contribution is -2.50. The van der Waals surface area contributed by atoms with Gasteiger partial charge in [0, 0.05) is 26.1 Å². The number of rotatable bonds is 5. The van der Waals surface area contributed by atoms with Gasteiger partial charge >= 0.3 is 0 Å². The third-order valence-corrected chi connectivity index (χ3v) is 2.05. The molecular formula is C8H15N3O2. The van der Waals surface area contributed by atoms with E-state index in [-0.39, 0.29) is 17.7 Å². The highest BCUT2D eigenvalue weighted by atomic mass is 16.2. The number of nitrogens with two attached hydrogens (primary N) is 1. The summed E-state index contributed by atoms with van der Waals surface area (Å²) in [6.07, 6.45) is 0.963. The molecule has 13 heavy (non-hydrogen) atoms. The fraction of sp³-hybridized carbons (Fsp3) is 0.750. The lowest BCUT2D eigenvalue weighted by molar-refractivity contribution is -0.126. The molecule has 4 N–H and O–H groups in total. The Balaban J connectivity index is 1.98. The summed E-state index contributed by atoms with van der Waals surface area (Å²) in [7, 11) is 0. The van der Waals surface area contributed by atoms with E-state index in [1.165, 1.54) is 0 Å². The van der Waals surface area contributed by atoms with Crippen LogP contribution in [-0.2, 0) is 9.59 Å². The van der Waals surface area contributed by atoms with Crippen molar-refractivity contribution in [2.45, 2.75) is 12.8 Å². The third kappa shape index (κ3) is 3.42. The quantitative estimate of drug-likeness (QED) is 0.460. The molecule has 1 rings (SSSR count). The van der Waals surface area contributed by atoms with Crippen LogP contribution in [-0.4, -0.2) is 31.4 Å². The van der Waals surface area contributed by atoms with Gasteiger partial charge in [0.1, 0.15) is 0 Å². The lowest BCUT2D eigenvalue weighted by Gasteiger charge is -2.25. The first-order chi connectivity index (χ1) is 6.20. The van der Waals surface area contributed by atoms with Gasteiger partial charge in [0.05, 0.1) is 5.92 Å². The molecule has 2 amide bonds. The zero-order valence-corrected chi connectivity index (χ0v) is 7.51. The van der Waals surface area contributed by atoms with Gasteiger partial charge in [-0.05, 0) is 6.42 Å². The van der Waals surface area contributed by atoms with Gasteiger partial charge in [0.2, 0.25) is 11.8 Å². The van der Waals surface area contributed by atoms with E-state index in [0.29, 0.717) is 19.4 Å². The first kappa shape index (κ1) is 9.98. The number of primary amides is 1. The van der Waals surface area contributed by atoms with Crippen LogP contribution in [0.15, 0.2) is 0 Å². The van der Waals surface area contributed by atoms with Crippen molar-refractivity contribution in [2.75, 3.05) is 19.6 Å². The smallest absolute Gasteiger partial charge is 0.225 e. The molecule has 0 aromatic carbocycles. The summed E-state index contributed by atoms with van der Waals surface area (Å²) in [6, 6.07) is 0. The fourth-order valence-corrected chi connectivity index (χ4v) is 1.09. The van der Waals surface area contributed by atoms with E-state index < -0.39 is 0 Å². The van der Waals surface area contributed by atoms with Crippen molar-refractivity contribution in [3.05, 3.63) is 0 Å². The van der Waals surface area contributed by atoms with Crippen LogP contribution in [0.2, 0.25) is 0 Å². The largest absolute Gasteiger partial charge is 0.370 e. The van der Waals surface area contributed by atoms with Crippen LogP contribution >= 0.6 is 0 Å². The topological polar surface area (TPSA) is 84.2 Å². The summed E-state index contributed by atoms with van der Waals surface area (Å²) in [5.74, 6) is -0.128. The van der Waals surface area contributed by atoms with Gasteiger partial charge in [0.15, 0.2) is 0 Å². The van der Waals surface area contributed by atoms with Gasteiger partial charge < -0.3 is 16.4 Å². The van der Waals surface area contributed by atoms with E-state index in [1.54, 1.807) is 0 Å². The van der Waals surface area contributed by atoms with Crippen LogP contribution in [0.4, 0.5) is 0 Å². The summed E-state index contributed by atoms with van der Waals surface area (Å²) >= 11 is 0. The third-order valence-electron chi connectivity index (χ3n) is 2.05. The Labute approximate surface area is 77.1 Å². The first-order valence-corrected chi connectivity index (χ1v) is 4.47. The second-order valence-electron chi connectivity index (χ2n) is 3.22. The number of carbonyl (C=O) groups is 2. The van der Waals surface area contributed by atoms with Crippen LogP contribution in [0.1, 0.15) is 12.8 Å². The number of amides is 2. The fourth-order valence-electron chi connectivity index (χ4n) is 1.09. The molecule has 74 valence electrons. The molecule has 0 aromatic heterocycles. The molecule has 0 unspecified atom stereocenters. The van der Waals surface area contributed by atoms with Crippen molar-refractivity contribution in [2.24, 2.45) is 11.7 Å². The number of carbonyl (C=O) groups excluding carboxylic acids is 2. The average Bonchev–Trinajstić information content (AvgIpc) is 1.94. The Morgan fingerprint density at radius 2 is 2.15 bits per heavy atom. The van der Waals surface area contributed by atoms with Gasteiger partial charge in [-0.1, -0.05) is 0 Å². The van der Waals surface area contributed by atoms with Crippen molar-refractivity contribution >= 4 is 11.8 Å². The lowest BCUT2D eigenvalue weighted by atomic mass is 10.0. The van der Waals surface area contributed by atoms with Crippen molar-refractivity contribution < 1.29 is 9.59 Å². The molecule has 0 spiro atoms. The molecule has 1 heterocycles. The molecule has 0 aliphatic carbocycles. The Hall–Kier alpha value is -1.10. The van der Waals surface area contributed by atoms with E-state index in [9.17, 15) is 9.59 Å². The van der Waals surface area contributed by atoms with E-state index >= 15 is 0 Å². The predicted molar refractivity (Wildman–Crippen MR) is 47.8 cm³/mol. The minimum atomic E-state index is -0.320. The van der Waals surface area contributed by atoms with E-state index in [1.807, 2.05) is 0 Å². The zero-order chi connectivity index (χ0) is 9.68. The molecule has 0 aromatic rings. The van der Waals surface area contributed by atoms with Crippen LogP contribution in [0.25, 0.3) is 0 Å². The van der Waals surface area contributed by atoms with Gasteiger partial charge in [-0.3, -0.25) is 9.59 Å². The highest BCUT2D eigenvalue weighted by Gasteiger charge is 2.23. The van der Waals surface area contributed by atoms with Gasteiger partial charge in [-0.15, -0.1) is 0 Å². The van der Waals surface area contributed by atoms with Crippen LogP contribution in [0.3, 0.4) is 0 Å². The normalized spacial score (nSPS) is 16.3. The van der Waals surface area contributed by atoms with E-state index in [4.69, 9.17) is 5.73 Å². The number of nitrogens with one attached hydrogen (secondary N) is 2. The van der Waals surface area contributed by atoms with Gasteiger partial charge in [-0.2, -0.15) is 0 Å². The Morgan fingerprint density at radius 1 is 1.46 bits per heavy atom. The van der Waals surface area contributed by atoms with Gasteiger partial charge in [0.25, 0.3) is 0 Å². The summed E-state index contributed by atoms with van der Waals surface area (Å²) in [4.78, 5) is 21.5. The first-order valence-electron chi connectivity index (χ1n) is 4.47. The monoisotopic (exact) mass is 185 g/mol. The molecule has 0 radical (unpaired) electrons. The average molecular weight is 185 g/mol. The van der Waals surface area contributed by atoms with Gasteiger partial charge in [-0.25, -0.2) is 0 Å². The number of hydrogen-bond acceptors (Lipinski definition) is 3. The Bertz CT molecular complexity index is 202. The zero-order valence-electron chi connectivity index (χ0n) is 7.51. The van der Waals surface area contributed by atoms with Crippen LogP contribution in [0, 0.1) is 5.92 Å².